The summed E-state index contributed by atoms with van der Waals surface area (Å²) in [6, 6.07) is 7.09. The molecule has 0 saturated carbocycles. The van der Waals surface area contributed by atoms with Crippen LogP contribution < -0.4 is 0 Å². The summed E-state index contributed by atoms with van der Waals surface area (Å²) in [7, 11) is 0. The molecule has 1 rings (SSSR count). The molecule has 80 valence electrons. The summed E-state index contributed by atoms with van der Waals surface area (Å²) in [4.78, 5) is 10.7. The lowest BCUT2D eigenvalue weighted by Gasteiger charge is -2.12. The van der Waals surface area contributed by atoms with E-state index >= 15 is 0 Å². The number of carboxylic acids is 1. The van der Waals surface area contributed by atoms with Crippen LogP contribution in [0.25, 0.3) is 0 Å². The van der Waals surface area contributed by atoms with E-state index in [2.05, 4.69) is 13.5 Å². The molecule has 0 radical (unpaired) electrons. The van der Waals surface area contributed by atoms with Crippen molar-refractivity contribution in [3.63, 3.8) is 0 Å². The van der Waals surface area contributed by atoms with Gasteiger partial charge in [-0.15, -0.1) is 6.58 Å². The van der Waals surface area contributed by atoms with Crippen molar-refractivity contribution >= 4 is 5.97 Å². The number of rotatable bonds is 5. The lowest BCUT2D eigenvalue weighted by molar-refractivity contribution is 0.0697. The molecular weight excluding hydrogens is 188 g/mol. The summed E-state index contributed by atoms with van der Waals surface area (Å²) in [5.74, 6) is -0.427. The molecule has 0 unspecified atom stereocenters. The van der Waals surface area contributed by atoms with Crippen LogP contribution in [0.4, 0.5) is 0 Å². The first-order valence-electron chi connectivity index (χ1n) is 5.13. The molecule has 0 aliphatic heterocycles. The van der Waals surface area contributed by atoms with E-state index in [1.165, 1.54) is 5.56 Å². The molecule has 0 spiro atoms. The minimum absolute atomic E-state index is 0.340. The van der Waals surface area contributed by atoms with Crippen molar-refractivity contribution in [1.29, 1.82) is 0 Å². The van der Waals surface area contributed by atoms with Crippen molar-refractivity contribution in [1.82, 2.24) is 0 Å². The molecule has 0 bridgehead atoms. The Morgan fingerprint density at radius 1 is 1.47 bits per heavy atom. The monoisotopic (exact) mass is 204 g/mol. The van der Waals surface area contributed by atoms with Crippen LogP contribution >= 0.6 is 0 Å². The number of allylic oxidation sites excluding steroid dienone is 1. The average Bonchev–Trinajstić information content (AvgIpc) is 2.26. The van der Waals surface area contributed by atoms with Gasteiger partial charge in [-0.3, -0.25) is 0 Å². The molecule has 1 N–H and O–H groups in total. The van der Waals surface area contributed by atoms with Crippen LogP contribution in [-0.4, -0.2) is 11.1 Å². The normalized spacial score (nSPS) is 12.1. The molecule has 0 fully saturated rings. The highest BCUT2D eigenvalue weighted by atomic mass is 16.4. The molecule has 15 heavy (non-hydrogen) atoms. The molecule has 2 heteroatoms. The maximum Gasteiger partial charge on any atom is 0.335 e. The quantitative estimate of drug-likeness (QED) is 0.746. The number of aromatic carboxylic acids is 1. The van der Waals surface area contributed by atoms with Crippen LogP contribution in [0.5, 0.6) is 0 Å². The Hall–Kier alpha value is -1.57. The number of benzene rings is 1. The zero-order chi connectivity index (χ0) is 11.3. The Balaban J connectivity index is 2.86. The number of hydrogen-bond acceptors (Lipinski definition) is 1. The Bertz CT molecular complexity index is 338. The fourth-order valence-corrected chi connectivity index (χ4v) is 1.64. The largest absolute Gasteiger partial charge is 0.478 e. The van der Waals surface area contributed by atoms with Gasteiger partial charge in [0.2, 0.25) is 0 Å². The molecule has 1 atom stereocenters. The predicted molar refractivity (Wildman–Crippen MR) is 61.2 cm³/mol. The Labute approximate surface area is 90.3 Å². The first-order chi connectivity index (χ1) is 7.19. The second-order valence-corrected chi connectivity index (χ2v) is 3.56. The third-order valence-corrected chi connectivity index (χ3v) is 2.57. The predicted octanol–water partition coefficient (Wildman–Crippen LogP) is 3.45. The SMILES string of the molecule is C=CC[C@H](CC)c1ccc(C(=O)O)cc1. The van der Waals surface area contributed by atoms with Gasteiger partial charge < -0.3 is 5.11 Å². The smallest absolute Gasteiger partial charge is 0.335 e. The maximum atomic E-state index is 10.7. The molecule has 1 aromatic rings. The van der Waals surface area contributed by atoms with Gasteiger partial charge in [0.1, 0.15) is 0 Å². The van der Waals surface area contributed by atoms with Crippen molar-refractivity contribution in [2.45, 2.75) is 25.7 Å². The van der Waals surface area contributed by atoms with E-state index in [-0.39, 0.29) is 0 Å². The van der Waals surface area contributed by atoms with Crippen LogP contribution in [-0.2, 0) is 0 Å². The van der Waals surface area contributed by atoms with E-state index < -0.39 is 5.97 Å². The lowest BCUT2D eigenvalue weighted by atomic mass is 9.93. The van der Waals surface area contributed by atoms with Gasteiger partial charge in [-0.2, -0.15) is 0 Å². The first kappa shape index (κ1) is 11.5. The summed E-state index contributed by atoms with van der Waals surface area (Å²) in [6.07, 6.45) is 3.88. The molecule has 0 aliphatic rings. The van der Waals surface area contributed by atoms with E-state index in [1.54, 1.807) is 12.1 Å². The Morgan fingerprint density at radius 2 is 2.07 bits per heavy atom. The van der Waals surface area contributed by atoms with Crippen molar-refractivity contribution in [3.05, 3.63) is 48.0 Å². The van der Waals surface area contributed by atoms with Gasteiger partial charge in [0.15, 0.2) is 0 Å². The van der Waals surface area contributed by atoms with Gasteiger partial charge in [0.05, 0.1) is 5.56 Å². The van der Waals surface area contributed by atoms with Crippen LogP contribution in [0.3, 0.4) is 0 Å². The van der Waals surface area contributed by atoms with Gasteiger partial charge in [-0.1, -0.05) is 25.1 Å². The third kappa shape index (κ3) is 2.94. The highest BCUT2D eigenvalue weighted by molar-refractivity contribution is 5.87. The molecule has 0 aromatic heterocycles. The molecule has 2 nitrogen and oxygen atoms in total. The summed E-state index contributed by atoms with van der Waals surface area (Å²) in [6.45, 7) is 5.85. The van der Waals surface area contributed by atoms with Crippen molar-refractivity contribution in [2.75, 3.05) is 0 Å². The van der Waals surface area contributed by atoms with Crippen molar-refractivity contribution < 1.29 is 9.90 Å². The second kappa shape index (κ2) is 5.35. The summed E-state index contributed by atoms with van der Waals surface area (Å²) in [5, 5.41) is 8.76. The third-order valence-electron chi connectivity index (χ3n) is 2.57. The Morgan fingerprint density at radius 3 is 2.47 bits per heavy atom. The van der Waals surface area contributed by atoms with Gasteiger partial charge in [-0.25, -0.2) is 4.79 Å². The first-order valence-corrected chi connectivity index (χ1v) is 5.13. The fraction of sp³-hybridized carbons (Fsp3) is 0.308. The van der Waals surface area contributed by atoms with Gasteiger partial charge in [0, 0.05) is 0 Å². The van der Waals surface area contributed by atoms with Crippen molar-refractivity contribution in [3.8, 4) is 0 Å². The van der Waals surface area contributed by atoms with Crippen LogP contribution in [0, 0.1) is 0 Å². The standard InChI is InChI=1S/C13H16O2/c1-3-5-10(4-2)11-6-8-12(9-7-11)13(14)15/h3,6-10H,1,4-5H2,2H3,(H,14,15)/t10-/m0/s1. The van der Waals surface area contributed by atoms with E-state index in [4.69, 9.17) is 5.11 Å². The van der Waals surface area contributed by atoms with Crippen LogP contribution in [0.2, 0.25) is 0 Å². The minimum Gasteiger partial charge on any atom is -0.478 e. The van der Waals surface area contributed by atoms with E-state index in [0.717, 1.165) is 12.8 Å². The molecule has 1 aromatic carbocycles. The minimum atomic E-state index is -0.877. The van der Waals surface area contributed by atoms with Crippen molar-refractivity contribution in [2.24, 2.45) is 0 Å². The highest BCUT2D eigenvalue weighted by Crippen LogP contribution is 2.23. The number of hydrogen-bond donors (Lipinski definition) is 1. The lowest BCUT2D eigenvalue weighted by Crippen LogP contribution is -1.99. The number of carboxylic acid groups (broad SMARTS) is 1. The molecule has 0 saturated heterocycles. The van der Waals surface area contributed by atoms with Crippen LogP contribution in [0.15, 0.2) is 36.9 Å². The zero-order valence-electron chi connectivity index (χ0n) is 8.94. The second-order valence-electron chi connectivity index (χ2n) is 3.56. The van der Waals surface area contributed by atoms with Gasteiger partial charge in [0.25, 0.3) is 0 Å². The molecular formula is C13H16O2. The topological polar surface area (TPSA) is 37.3 Å². The zero-order valence-corrected chi connectivity index (χ0v) is 8.94. The molecule has 0 heterocycles. The summed E-state index contributed by atoms with van der Waals surface area (Å²) in [5.41, 5.74) is 1.52. The fourth-order valence-electron chi connectivity index (χ4n) is 1.64. The summed E-state index contributed by atoms with van der Waals surface area (Å²) >= 11 is 0. The van der Waals surface area contributed by atoms with Gasteiger partial charge in [-0.05, 0) is 36.5 Å². The average molecular weight is 204 g/mol. The van der Waals surface area contributed by atoms with E-state index in [0.29, 0.717) is 11.5 Å². The van der Waals surface area contributed by atoms with E-state index in [1.807, 2.05) is 18.2 Å². The highest BCUT2D eigenvalue weighted by Gasteiger charge is 2.08. The summed E-state index contributed by atoms with van der Waals surface area (Å²) < 4.78 is 0. The van der Waals surface area contributed by atoms with E-state index in [9.17, 15) is 4.79 Å². The molecule has 0 aliphatic carbocycles. The Kier molecular flexibility index (Phi) is 4.10. The number of carbonyl (C=O) groups is 1. The maximum absolute atomic E-state index is 10.7. The van der Waals surface area contributed by atoms with Gasteiger partial charge >= 0.3 is 5.97 Å². The molecule has 0 amide bonds. The van der Waals surface area contributed by atoms with Crippen LogP contribution in [0.1, 0.15) is 41.6 Å².